The summed E-state index contributed by atoms with van der Waals surface area (Å²) < 4.78 is 24.5. The first kappa shape index (κ1) is 42.8. The average molecular weight is 710 g/mol. The number of aromatic hydroxyl groups is 1. The van der Waals surface area contributed by atoms with Crippen molar-refractivity contribution in [3.63, 3.8) is 0 Å². The fourth-order valence-electron chi connectivity index (χ4n) is 5.72. The maximum Gasteiger partial charge on any atom is 0.293 e. The summed E-state index contributed by atoms with van der Waals surface area (Å²) in [4.78, 5) is 28.5. The molecule has 2 saturated heterocycles. The Morgan fingerprint density at radius 1 is 1.02 bits per heavy atom. The number of nitrogens with zero attached hydrogens (tertiary/aromatic N) is 2. The van der Waals surface area contributed by atoms with Gasteiger partial charge in [-0.25, -0.2) is 0 Å². The third kappa shape index (κ3) is 14.1. The summed E-state index contributed by atoms with van der Waals surface area (Å²) in [5.41, 5.74) is 5.23. The van der Waals surface area contributed by atoms with Crippen LogP contribution in [0, 0.1) is 5.92 Å². The molecule has 2 heterocycles. The highest BCUT2D eigenvalue weighted by molar-refractivity contribution is 5.94. The van der Waals surface area contributed by atoms with Gasteiger partial charge in [0.15, 0.2) is 18.3 Å². The summed E-state index contributed by atoms with van der Waals surface area (Å²) in [7, 11) is 5.15. The number of carbonyl (C=O) groups is 2. The third-order valence-corrected chi connectivity index (χ3v) is 9.01. The molecule has 0 aromatic heterocycles. The minimum absolute atomic E-state index is 0.0394. The number of allylic oxidation sites excluding steroid dienone is 1. The molecule has 2 N–H and O–H groups in total. The van der Waals surface area contributed by atoms with Gasteiger partial charge in [0.2, 0.25) is 5.75 Å². The number of rotatable bonds is 9. The summed E-state index contributed by atoms with van der Waals surface area (Å²) in [6.07, 6.45) is 3.00. The Morgan fingerprint density at radius 3 is 2.18 bits per heavy atom. The van der Waals surface area contributed by atoms with Crippen LogP contribution in [0.1, 0.15) is 62.9 Å². The number of hydrogen-bond acceptors (Lipinski definition) is 10. The van der Waals surface area contributed by atoms with Crippen LogP contribution >= 0.6 is 0 Å². The maximum atomic E-state index is 13.0. The second-order valence-electron chi connectivity index (χ2n) is 12.4. The van der Waals surface area contributed by atoms with Crippen molar-refractivity contribution >= 4 is 12.4 Å². The van der Waals surface area contributed by atoms with Gasteiger partial charge in [-0.15, -0.1) is 0 Å². The second kappa shape index (κ2) is 23.2. The molecule has 2 aliphatic heterocycles. The monoisotopic (exact) mass is 709 g/mol. The van der Waals surface area contributed by atoms with E-state index < -0.39 is 0 Å². The van der Waals surface area contributed by atoms with E-state index in [9.17, 15) is 14.7 Å². The first-order chi connectivity index (χ1) is 24.6. The fourth-order valence-corrected chi connectivity index (χ4v) is 5.72. The predicted octanol–water partition coefficient (Wildman–Crippen LogP) is 6.34. The van der Waals surface area contributed by atoms with E-state index in [0.717, 1.165) is 57.6 Å². The molecule has 0 radical (unpaired) electrons. The lowest BCUT2D eigenvalue weighted by Crippen LogP contribution is -2.43. The minimum Gasteiger partial charge on any atom is -0.502 e. The first-order valence-corrected chi connectivity index (χ1v) is 17.6. The van der Waals surface area contributed by atoms with Gasteiger partial charge < -0.3 is 39.0 Å². The van der Waals surface area contributed by atoms with Gasteiger partial charge in [0.05, 0.1) is 33.5 Å². The largest absolute Gasteiger partial charge is 0.502 e. The molecule has 11 nitrogen and oxygen atoms in total. The zero-order valence-corrected chi connectivity index (χ0v) is 31.7. The van der Waals surface area contributed by atoms with Gasteiger partial charge in [-0.05, 0) is 70.0 Å². The molecule has 2 aromatic rings. The van der Waals surface area contributed by atoms with E-state index in [0.29, 0.717) is 49.3 Å². The highest BCUT2D eigenvalue weighted by atomic mass is 16.7. The Bertz CT molecular complexity index is 1380. The zero-order valence-electron chi connectivity index (χ0n) is 31.7. The van der Waals surface area contributed by atoms with E-state index in [1.165, 1.54) is 30.9 Å². The Kier molecular flexibility index (Phi) is 19.5. The molecule has 2 fully saturated rings. The molecule has 11 heteroatoms. The van der Waals surface area contributed by atoms with Gasteiger partial charge in [-0.3, -0.25) is 14.5 Å². The molecule has 2 aromatic carbocycles. The van der Waals surface area contributed by atoms with Crippen LogP contribution in [0.3, 0.4) is 0 Å². The van der Waals surface area contributed by atoms with Gasteiger partial charge in [0.25, 0.3) is 12.4 Å². The number of piperazine rings is 1. The average Bonchev–Trinajstić information content (AvgIpc) is 3.28. The highest BCUT2D eigenvalue weighted by Gasteiger charge is 2.29. The number of amides is 1. The molecule has 1 amide bonds. The first-order valence-electron chi connectivity index (χ1n) is 17.6. The van der Waals surface area contributed by atoms with Crippen molar-refractivity contribution in [2.75, 3.05) is 67.5 Å². The van der Waals surface area contributed by atoms with Crippen LogP contribution in [0.5, 0.6) is 17.2 Å². The standard InChI is InChI=1S/C24H35N3O3.C8H10O3.C6H8O2.C2H6/c1-18-5-4-6-22(16-30-17-28)23(19(18)2)25-24(29)21-9-7-20(8-10-21)15-27-13-11-26(3)12-14-27;1-10-6-4-3-5-7(11-2)8(6)9;1-5-3-7-4-8-6(5)2;1-2/h7-10,17,22-23H,4-6,11-16H2,1-3H3,(H,25,29);3-5,9H,1-2H3;1-4H2;1-2H3/t22?,23-;;;/m1.../s1. The molecular weight excluding hydrogens is 650 g/mol. The molecule has 282 valence electrons. The van der Waals surface area contributed by atoms with Gasteiger partial charge >= 0.3 is 0 Å². The lowest BCUT2D eigenvalue weighted by atomic mass is 9.91. The van der Waals surface area contributed by atoms with Crippen molar-refractivity contribution in [1.82, 2.24) is 15.1 Å². The van der Waals surface area contributed by atoms with E-state index >= 15 is 0 Å². The number of ether oxygens (including phenoxy) is 5. The van der Waals surface area contributed by atoms with Crippen molar-refractivity contribution in [3.8, 4) is 17.2 Å². The third-order valence-electron chi connectivity index (χ3n) is 9.01. The predicted molar refractivity (Wildman–Crippen MR) is 201 cm³/mol. The molecule has 51 heavy (non-hydrogen) atoms. The van der Waals surface area contributed by atoms with Gasteiger partial charge in [-0.2, -0.15) is 0 Å². The molecule has 0 saturated carbocycles. The fraction of sp³-hybridized carbons (Fsp3) is 0.500. The SMILES string of the molecule is C=C1COCOC1=C.CC.CC1=C(C)[C@@H](NC(=O)c2ccc(CN3CCN(C)CC3)cc2)C(COC=O)CCC1.COc1cccc(OC)c1O. The summed E-state index contributed by atoms with van der Waals surface area (Å²) in [6, 6.07) is 12.9. The zero-order chi connectivity index (χ0) is 37.8. The Balaban J connectivity index is 0.000000348. The number of methoxy groups -OCH3 is 2. The number of benzene rings is 2. The maximum absolute atomic E-state index is 13.0. The normalized spacial score (nSPS) is 19.3. The van der Waals surface area contributed by atoms with Crippen molar-refractivity contribution in [3.05, 3.63) is 89.2 Å². The van der Waals surface area contributed by atoms with E-state index in [2.05, 4.69) is 61.3 Å². The highest BCUT2D eigenvalue weighted by Crippen LogP contribution is 2.34. The van der Waals surface area contributed by atoms with Crippen molar-refractivity contribution < 1.29 is 38.4 Å². The topological polar surface area (TPSA) is 119 Å². The summed E-state index contributed by atoms with van der Waals surface area (Å²) in [5, 5.41) is 12.6. The number of phenols is 1. The van der Waals surface area contributed by atoms with Crippen LogP contribution in [0.15, 0.2) is 78.1 Å². The number of carbonyl (C=O) groups excluding carboxylic acids is 2. The number of hydrogen-bond donors (Lipinski definition) is 2. The Hall–Kier alpha value is -4.32. The minimum atomic E-state index is -0.107. The van der Waals surface area contributed by atoms with Crippen LogP contribution in [-0.4, -0.2) is 101 Å². The molecule has 1 aliphatic carbocycles. The summed E-state index contributed by atoms with van der Waals surface area (Å²) in [6.45, 7) is 22.4. The van der Waals surface area contributed by atoms with Crippen molar-refractivity contribution in [2.24, 2.45) is 5.92 Å². The number of para-hydroxylation sites is 1. The smallest absolute Gasteiger partial charge is 0.293 e. The molecule has 0 spiro atoms. The van der Waals surface area contributed by atoms with E-state index in [1.807, 2.05) is 26.0 Å². The summed E-state index contributed by atoms with van der Waals surface area (Å²) >= 11 is 0. The lowest BCUT2D eigenvalue weighted by molar-refractivity contribution is -0.130. The van der Waals surface area contributed by atoms with E-state index in [1.54, 1.807) is 18.2 Å². The van der Waals surface area contributed by atoms with Crippen molar-refractivity contribution in [1.29, 1.82) is 0 Å². The Morgan fingerprint density at radius 2 is 1.65 bits per heavy atom. The van der Waals surface area contributed by atoms with Crippen LogP contribution in [0.4, 0.5) is 0 Å². The second-order valence-corrected chi connectivity index (χ2v) is 12.4. The number of phenolic OH excluding ortho intramolecular Hbond substituents is 1. The van der Waals surface area contributed by atoms with Crippen LogP contribution in [0.2, 0.25) is 0 Å². The van der Waals surface area contributed by atoms with E-state index in [-0.39, 0.29) is 23.6 Å². The Labute approximate surface area is 304 Å². The summed E-state index contributed by atoms with van der Waals surface area (Å²) in [5.74, 6) is 1.56. The van der Waals surface area contributed by atoms with Gasteiger partial charge in [-0.1, -0.05) is 56.4 Å². The molecule has 2 atom stereocenters. The molecule has 5 rings (SSSR count). The molecule has 3 aliphatic rings. The van der Waals surface area contributed by atoms with E-state index in [4.69, 9.17) is 23.7 Å². The van der Waals surface area contributed by atoms with Crippen LogP contribution < -0.4 is 14.8 Å². The van der Waals surface area contributed by atoms with Crippen molar-refractivity contribution in [2.45, 2.75) is 59.5 Å². The molecule has 1 unspecified atom stereocenters. The van der Waals surface area contributed by atoms with Crippen LogP contribution in [-0.2, 0) is 25.5 Å². The lowest BCUT2D eigenvalue weighted by Gasteiger charge is -2.32. The number of nitrogens with one attached hydrogen (secondary N) is 1. The quantitative estimate of drug-likeness (QED) is 0.226. The van der Waals surface area contributed by atoms with Crippen LogP contribution in [0.25, 0.3) is 0 Å². The molecule has 0 bridgehead atoms. The molecular formula is C40H59N3O8. The van der Waals surface area contributed by atoms with Gasteiger partial charge in [0.1, 0.15) is 5.76 Å². The number of likely N-dealkylation sites (N-methyl/N-ethyl adjacent to an activating group) is 1. The van der Waals surface area contributed by atoms with Gasteiger partial charge in [0, 0.05) is 49.8 Å².